The summed E-state index contributed by atoms with van der Waals surface area (Å²) in [5.41, 5.74) is 3.27. The molecule has 4 aromatic carbocycles. The van der Waals surface area contributed by atoms with Gasteiger partial charge in [0.05, 0.1) is 0 Å². The number of aromatic hydroxyl groups is 6. The summed E-state index contributed by atoms with van der Waals surface area (Å²) < 4.78 is 0. The Hall–Kier alpha value is -5.90. The van der Waals surface area contributed by atoms with Gasteiger partial charge in [0.2, 0.25) is 11.8 Å². The van der Waals surface area contributed by atoms with Crippen molar-refractivity contribution in [1.29, 1.82) is 0 Å². The Morgan fingerprint density at radius 2 is 0.864 bits per heavy atom. The van der Waals surface area contributed by atoms with Crippen molar-refractivity contribution in [1.82, 2.24) is 10.6 Å². The minimum atomic E-state index is -0.244. The van der Waals surface area contributed by atoms with Gasteiger partial charge in [-0.05, 0) is 95.8 Å². The molecule has 4 rings (SSSR count). The highest BCUT2D eigenvalue weighted by Gasteiger charge is 2.02. The van der Waals surface area contributed by atoms with E-state index in [-0.39, 0.29) is 46.3 Å². The van der Waals surface area contributed by atoms with Crippen LogP contribution in [0, 0.1) is 0 Å². The standard InChI is InChI=1S/2C17H17NO4/c2*19-14-5-1-12(2-6-14)9-10-18-17(22)8-4-13-3-7-15(20)16(21)11-13/h2*1-8,11,19-21H,9-10H2,(H,18,22)/b8-4-;. The fourth-order valence-corrected chi connectivity index (χ4v) is 3.74. The molecule has 8 N–H and O–H groups in total. The first-order valence-electron chi connectivity index (χ1n) is 13.6. The molecule has 0 saturated heterocycles. The lowest BCUT2D eigenvalue weighted by Gasteiger charge is -2.03. The smallest absolute Gasteiger partial charge is 0.244 e. The number of phenolic OH excluding ortho intramolecular Hbond substituents is 6. The van der Waals surface area contributed by atoms with Crippen LogP contribution in [-0.4, -0.2) is 55.5 Å². The van der Waals surface area contributed by atoms with Gasteiger partial charge in [-0.25, -0.2) is 0 Å². The Balaban J connectivity index is 0.000000240. The molecule has 0 aliphatic carbocycles. The number of amides is 2. The fourth-order valence-electron chi connectivity index (χ4n) is 3.74. The molecule has 0 aliphatic heterocycles. The lowest BCUT2D eigenvalue weighted by molar-refractivity contribution is -0.117. The number of benzene rings is 4. The highest BCUT2D eigenvalue weighted by atomic mass is 16.3. The molecule has 10 heteroatoms. The first-order chi connectivity index (χ1) is 21.1. The molecule has 0 spiro atoms. The van der Waals surface area contributed by atoms with E-state index in [1.165, 1.54) is 36.4 Å². The molecule has 0 bridgehead atoms. The summed E-state index contributed by atoms with van der Waals surface area (Å²) in [6.07, 6.45) is 7.16. The molecule has 0 aliphatic rings. The average Bonchev–Trinajstić information content (AvgIpc) is 3.01. The van der Waals surface area contributed by atoms with E-state index in [0.717, 1.165) is 11.1 Å². The van der Waals surface area contributed by atoms with Crippen LogP contribution in [0.15, 0.2) is 97.1 Å². The largest absolute Gasteiger partial charge is 0.508 e. The average molecular weight is 599 g/mol. The third-order valence-electron chi connectivity index (χ3n) is 6.15. The zero-order chi connectivity index (χ0) is 31.9. The molecule has 0 radical (unpaired) electrons. The molecule has 0 unspecified atom stereocenters. The molecule has 228 valence electrons. The number of nitrogens with one attached hydrogen (secondary N) is 2. The molecule has 0 heterocycles. The van der Waals surface area contributed by atoms with Crippen molar-refractivity contribution < 1.29 is 40.2 Å². The molecule has 2 amide bonds. The summed E-state index contributed by atoms with van der Waals surface area (Å²) >= 11 is 0. The van der Waals surface area contributed by atoms with Gasteiger partial charge in [-0.2, -0.15) is 0 Å². The van der Waals surface area contributed by atoms with Gasteiger partial charge in [-0.1, -0.05) is 36.4 Å². The molecular weight excluding hydrogens is 564 g/mol. The minimum Gasteiger partial charge on any atom is -0.508 e. The van der Waals surface area contributed by atoms with Crippen LogP contribution in [0.2, 0.25) is 0 Å². The summed E-state index contributed by atoms with van der Waals surface area (Å²) in [6, 6.07) is 22.3. The van der Waals surface area contributed by atoms with Crippen LogP contribution in [0.4, 0.5) is 0 Å². The van der Waals surface area contributed by atoms with E-state index in [1.807, 2.05) is 0 Å². The van der Waals surface area contributed by atoms with Gasteiger partial charge >= 0.3 is 0 Å². The van der Waals surface area contributed by atoms with Gasteiger partial charge in [0.1, 0.15) is 11.5 Å². The maximum atomic E-state index is 11.7. The van der Waals surface area contributed by atoms with Gasteiger partial charge in [0.25, 0.3) is 0 Å². The summed E-state index contributed by atoms with van der Waals surface area (Å²) in [5.74, 6) is -0.908. The molecular formula is C34H34N2O8. The lowest BCUT2D eigenvalue weighted by atomic mass is 10.1. The first-order valence-corrected chi connectivity index (χ1v) is 13.6. The summed E-state index contributed by atoms with van der Waals surface area (Å²) in [6.45, 7) is 0.962. The highest BCUT2D eigenvalue weighted by Crippen LogP contribution is 2.26. The minimum absolute atomic E-state index is 0.199. The van der Waals surface area contributed by atoms with E-state index in [4.69, 9.17) is 0 Å². The fraction of sp³-hybridized carbons (Fsp3) is 0.118. The lowest BCUT2D eigenvalue weighted by Crippen LogP contribution is -2.23. The van der Waals surface area contributed by atoms with Gasteiger partial charge in [-0.3, -0.25) is 9.59 Å². The zero-order valence-corrected chi connectivity index (χ0v) is 23.7. The third-order valence-corrected chi connectivity index (χ3v) is 6.15. The quantitative estimate of drug-likeness (QED) is 0.0980. The monoisotopic (exact) mass is 598 g/mol. The van der Waals surface area contributed by atoms with Crippen molar-refractivity contribution in [2.24, 2.45) is 0 Å². The predicted molar refractivity (Wildman–Crippen MR) is 167 cm³/mol. The Labute approximate surface area is 254 Å². The van der Waals surface area contributed by atoms with Gasteiger partial charge < -0.3 is 41.3 Å². The summed E-state index contributed by atoms with van der Waals surface area (Å²) in [4.78, 5) is 23.3. The second-order valence-electron chi connectivity index (χ2n) is 9.58. The number of rotatable bonds is 10. The Kier molecular flexibility index (Phi) is 12.2. The van der Waals surface area contributed by atoms with E-state index >= 15 is 0 Å². The van der Waals surface area contributed by atoms with Gasteiger partial charge in [0.15, 0.2) is 23.0 Å². The maximum Gasteiger partial charge on any atom is 0.244 e. The second-order valence-corrected chi connectivity index (χ2v) is 9.58. The summed E-state index contributed by atoms with van der Waals surface area (Å²) in [7, 11) is 0. The van der Waals surface area contributed by atoms with Crippen LogP contribution in [0.25, 0.3) is 12.2 Å². The second kappa shape index (κ2) is 16.5. The van der Waals surface area contributed by atoms with E-state index in [1.54, 1.807) is 72.8 Å². The summed E-state index contributed by atoms with van der Waals surface area (Å²) in [5, 5.41) is 60.9. The van der Waals surface area contributed by atoms with Crippen molar-refractivity contribution in [3.05, 3.63) is 119 Å². The Morgan fingerprint density at radius 1 is 0.500 bits per heavy atom. The van der Waals surface area contributed by atoms with Crippen molar-refractivity contribution >= 4 is 24.0 Å². The van der Waals surface area contributed by atoms with Crippen LogP contribution in [-0.2, 0) is 22.4 Å². The first kappa shape index (κ1) is 32.6. The zero-order valence-electron chi connectivity index (χ0n) is 23.7. The normalized spacial score (nSPS) is 10.7. The van der Waals surface area contributed by atoms with Crippen LogP contribution < -0.4 is 10.6 Å². The SMILES string of the molecule is O=C(/C=C\c1ccc(O)c(O)c1)NCCc1ccc(O)cc1.O=C(C=Cc1ccc(O)c(O)c1)NCCc1ccc(O)cc1. The van der Waals surface area contributed by atoms with Crippen LogP contribution in [0.5, 0.6) is 34.5 Å². The molecule has 0 fully saturated rings. The Morgan fingerprint density at radius 3 is 1.20 bits per heavy atom. The highest BCUT2D eigenvalue weighted by molar-refractivity contribution is 5.92. The van der Waals surface area contributed by atoms with Crippen LogP contribution >= 0.6 is 0 Å². The number of carbonyl (C=O) groups excluding carboxylic acids is 2. The van der Waals surface area contributed by atoms with Crippen molar-refractivity contribution in [2.45, 2.75) is 12.8 Å². The van der Waals surface area contributed by atoms with Crippen molar-refractivity contribution in [3.8, 4) is 34.5 Å². The number of phenols is 6. The van der Waals surface area contributed by atoms with Crippen LogP contribution in [0.1, 0.15) is 22.3 Å². The predicted octanol–water partition coefficient (Wildman–Crippen LogP) is 4.35. The molecule has 0 aromatic heterocycles. The van der Waals surface area contributed by atoms with E-state index in [0.29, 0.717) is 37.1 Å². The molecule has 0 saturated carbocycles. The van der Waals surface area contributed by atoms with Crippen LogP contribution in [0.3, 0.4) is 0 Å². The Bertz CT molecular complexity index is 1480. The number of carbonyl (C=O) groups is 2. The number of hydrogen-bond donors (Lipinski definition) is 8. The van der Waals surface area contributed by atoms with Gasteiger partial charge in [-0.15, -0.1) is 0 Å². The van der Waals surface area contributed by atoms with E-state index in [2.05, 4.69) is 10.6 Å². The van der Waals surface area contributed by atoms with E-state index in [9.17, 15) is 40.2 Å². The molecule has 4 aromatic rings. The van der Waals surface area contributed by atoms with Crippen molar-refractivity contribution in [3.63, 3.8) is 0 Å². The topological polar surface area (TPSA) is 180 Å². The van der Waals surface area contributed by atoms with Crippen molar-refractivity contribution in [2.75, 3.05) is 13.1 Å². The number of hydrogen-bond acceptors (Lipinski definition) is 8. The molecule has 0 atom stereocenters. The molecule has 10 nitrogen and oxygen atoms in total. The maximum absolute atomic E-state index is 11.7. The van der Waals surface area contributed by atoms with E-state index < -0.39 is 0 Å². The third kappa shape index (κ3) is 11.5. The molecule has 44 heavy (non-hydrogen) atoms. The van der Waals surface area contributed by atoms with Gasteiger partial charge in [0, 0.05) is 25.2 Å².